The lowest BCUT2D eigenvalue weighted by molar-refractivity contribution is 0.387. The zero-order chi connectivity index (χ0) is 12.8. The van der Waals surface area contributed by atoms with Crippen molar-refractivity contribution in [1.82, 2.24) is 5.32 Å². The van der Waals surface area contributed by atoms with E-state index in [-0.39, 0.29) is 0 Å². The lowest BCUT2D eigenvalue weighted by atomic mass is 10.0. The molecule has 0 saturated carbocycles. The first kappa shape index (κ1) is 13.0. The summed E-state index contributed by atoms with van der Waals surface area (Å²) in [4.78, 5) is 0. The average Bonchev–Trinajstić information content (AvgIpc) is 2.46. The molecule has 0 radical (unpaired) electrons. The number of rotatable bonds is 5. The molecule has 0 aliphatic heterocycles. The van der Waals surface area contributed by atoms with E-state index in [1.54, 1.807) is 14.2 Å². The zero-order valence-corrected chi connectivity index (χ0v) is 11.1. The first-order chi connectivity index (χ1) is 8.83. The van der Waals surface area contributed by atoms with Gasteiger partial charge in [-0.15, -0.1) is 0 Å². The van der Waals surface area contributed by atoms with Crippen molar-refractivity contribution in [1.29, 1.82) is 0 Å². The van der Waals surface area contributed by atoms with Gasteiger partial charge in [-0.2, -0.15) is 0 Å². The maximum Gasteiger partial charge on any atom is 0.127 e. The van der Waals surface area contributed by atoms with E-state index in [2.05, 4.69) is 23.5 Å². The predicted molar refractivity (Wildman–Crippen MR) is 73.2 cm³/mol. The Labute approximate surface area is 109 Å². The van der Waals surface area contributed by atoms with Gasteiger partial charge in [-0.3, -0.25) is 0 Å². The number of methoxy groups -OCH3 is 2. The number of hydrogen-bond donors (Lipinski definition) is 1. The predicted octanol–water partition coefficient (Wildman–Crippen LogP) is 2.90. The third-order valence-corrected chi connectivity index (χ3v) is 3.34. The standard InChI is InChI=1S/C15H21NO2/c1-17-14-9-8-12(15(10-14)18-2)11-16-13-6-4-3-5-7-13/h3-4,8-10,13,16H,5-7,11H2,1-2H3. The third kappa shape index (κ3) is 3.26. The summed E-state index contributed by atoms with van der Waals surface area (Å²) in [5.41, 5.74) is 1.17. The van der Waals surface area contributed by atoms with Crippen LogP contribution in [0.15, 0.2) is 30.4 Å². The Hall–Kier alpha value is -1.48. The van der Waals surface area contributed by atoms with Crippen molar-refractivity contribution >= 4 is 0 Å². The molecule has 1 aliphatic rings. The molecule has 0 bridgehead atoms. The first-order valence-corrected chi connectivity index (χ1v) is 6.42. The highest BCUT2D eigenvalue weighted by atomic mass is 16.5. The van der Waals surface area contributed by atoms with Gasteiger partial charge >= 0.3 is 0 Å². The Morgan fingerprint density at radius 1 is 1.22 bits per heavy atom. The number of hydrogen-bond acceptors (Lipinski definition) is 3. The van der Waals surface area contributed by atoms with Crippen LogP contribution in [0.2, 0.25) is 0 Å². The van der Waals surface area contributed by atoms with E-state index in [1.165, 1.54) is 18.4 Å². The summed E-state index contributed by atoms with van der Waals surface area (Å²) >= 11 is 0. The summed E-state index contributed by atoms with van der Waals surface area (Å²) in [6.07, 6.45) is 8.03. The van der Waals surface area contributed by atoms with Crippen molar-refractivity contribution in [2.24, 2.45) is 0 Å². The highest BCUT2D eigenvalue weighted by molar-refractivity contribution is 5.40. The van der Waals surface area contributed by atoms with Crippen molar-refractivity contribution in [3.8, 4) is 11.5 Å². The normalized spacial score (nSPS) is 18.7. The van der Waals surface area contributed by atoms with Crippen LogP contribution in [0, 0.1) is 0 Å². The Morgan fingerprint density at radius 2 is 2.11 bits per heavy atom. The largest absolute Gasteiger partial charge is 0.497 e. The van der Waals surface area contributed by atoms with Gasteiger partial charge in [-0.1, -0.05) is 18.2 Å². The van der Waals surface area contributed by atoms with Crippen molar-refractivity contribution in [3.05, 3.63) is 35.9 Å². The number of nitrogens with one attached hydrogen (secondary N) is 1. The van der Waals surface area contributed by atoms with Gasteiger partial charge in [0.05, 0.1) is 14.2 Å². The molecule has 2 rings (SSSR count). The molecule has 0 fully saturated rings. The second kappa shape index (κ2) is 6.45. The second-order valence-corrected chi connectivity index (χ2v) is 4.54. The average molecular weight is 247 g/mol. The van der Waals surface area contributed by atoms with Crippen LogP contribution in [0.1, 0.15) is 24.8 Å². The number of allylic oxidation sites excluding steroid dienone is 1. The van der Waals surface area contributed by atoms with Crippen molar-refractivity contribution < 1.29 is 9.47 Å². The molecule has 3 heteroatoms. The summed E-state index contributed by atoms with van der Waals surface area (Å²) in [6.45, 7) is 0.839. The molecule has 1 atom stereocenters. The fraction of sp³-hybridized carbons (Fsp3) is 0.467. The Balaban J connectivity index is 1.97. The van der Waals surface area contributed by atoms with Gasteiger partial charge in [0.1, 0.15) is 11.5 Å². The molecule has 1 aromatic rings. The SMILES string of the molecule is COc1ccc(CNC2CC=CCC2)c(OC)c1. The molecule has 0 saturated heterocycles. The first-order valence-electron chi connectivity index (χ1n) is 6.42. The van der Waals surface area contributed by atoms with Gasteiger partial charge in [-0.05, 0) is 25.3 Å². The fourth-order valence-electron chi connectivity index (χ4n) is 2.23. The minimum Gasteiger partial charge on any atom is -0.497 e. The van der Waals surface area contributed by atoms with Gasteiger partial charge in [0.2, 0.25) is 0 Å². The highest BCUT2D eigenvalue weighted by Crippen LogP contribution is 2.24. The van der Waals surface area contributed by atoms with Crippen LogP contribution in [0.4, 0.5) is 0 Å². The molecule has 1 unspecified atom stereocenters. The molecule has 98 valence electrons. The molecule has 0 amide bonds. The van der Waals surface area contributed by atoms with Gasteiger partial charge < -0.3 is 14.8 Å². The number of ether oxygens (including phenoxy) is 2. The summed E-state index contributed by atoms with van der Waals surface area (Å²) in [5, 5.41) is 3.58. The fourth-order valence-corrected chi connectivity index (χ4v) is 2.23. The summed E-state index contributed by atoms with van der Waals surface area (Å²) in [5.74, 6) is 1.71. The van der Waals surface area contributed by atoms with Crippen LogP contribution in [0.25, 0.3) is 0 Å². The number of benzene rings is 1. The van der Waals surface area contributed by atoms with Crippen LogP contribution in [0.3, 0.4) is 0 Å². The minimum absolute atomic E-state index is 0.585. The smallest absolute Gasteiger partial charge is 0.127 e. The minimum atomic E-state index is 0.585. The molecule has 18 heavy (non-hydrogen) atoms. The summed E-state index contributed by atoms with van der Waals surface area (Å²) in [7, 11) is 3.36. The van der Waals surface area contributed by atoms with Crippen LogP contribution in [0.5, 0.6) is 11.5 Å². The quantitative estimate of drug-likeness (QED) is 0.812. The summed E-state index contributed by atoms with van der Waals surface area (Å²) < 4.78 is 10.6. The van der Waals surface area contributed by atoms with Crippen molar-refractivity contribution in [2.45, 2.75) is 31.8 Å². The van der Waals surface area contributed by atoms with E-state index in [0.717, 1.165) is 24.5 Å². The Bertz CT molecular complexity index is 415. The van der Waals surface area contributed by atoms with Crippen molar-refractivity contribution in [2.75, 3.05) is 14.2 Å². The van der Waals surface area contributed by atoms with E-state index in [1.807, 2.05) is 12.1 Å². The lowest BCUT2D eigenvalue weighted by Gasteiger charge is -2.20. The molecule has 1 aliphatic carbocycles. The molecule has 1 N–H and O–H groups in total. The molecular weight excluding hydrogens is 226 g/mol. The van der Waals surface area contributed by atoms with Gasteiger partial charge in [0.25, 0.3) is 0 Å². The Kier molecular flexibility index (Phi) is 4.65. The van der Waals surface area contributed by atoms with Gasteiger partial charge in [0.15, 0.2) is 0 Å². The molecule has 0 aromatic heterocycles. The van der Waals surface area contributed by atoms with E-state index >= 15 is 0 Å². The highest BCUT2D eigenvalue weighted by Gasteiger charge is 2.11. The van der Waals surface area contributed by atoms with Crippen LogP contribution in [-0.2, 0) is 6.54 Å². The molecule has 1 aromatic carbocycles. The summed E-state index contributed by atoms with van der Waals surface area (Å²) in [6, 6.07) is 6.54. The van der Waals surface area contributed by atoms with E-state index in [4.69, 9.17) is 9.47 Å². The van der Waals surface area contributed by atoms with Gasteiger partial charge in [0, 0.05) is 24.2 Å². The van der Waals surface area contributed by atoms with Gasteiger partial charge in [-0.25, -0.2) is 0 Å². The molecular formula is C15H21NO2. The monoisotopic (exact) mass is 247 g/mol. The second-order valence-electron chi connectivity index (χ2n) is 4.54. The van der Waals surface area contributed by atoms with Crippen LogP contribution in [-0.4, -0.2) is 20.3 Å². The molecule has 0 spiro atoms. The maximum absolute atomic E-state index is 5.39. The van der Waals surface area contributed by atoms with E-state index < -0.39 is 0 Å². The maximum atomic E-state index is 5.39. The molecule has 3 nitrogen and oxygen atoms in total. The van der Waals surface area contributed by atoms with E-state index in [0.29, 0.717) is 6.04 Å². The molecule has 0 heterocycles. The lowest BCUT2D eigenvalue weighted by Crippen LogP contribution is -2.29. The Morgan fingerprint density at radius 3 is 2.78 bits per heavy atom. The van der Waals surface area contributed by atoms with E-state index in [9.17, 15) is 0 Å². The zero-order valence-electron chi connectivity index (χ0n) is 11.1. The third-order valence-electron chi connectivity index (χ3n) is 3.34. The van der Waals surface area contributed by atoms with Crippen molar-refractivity contribution in [3.63, 3.8) is 0 Å². The van der Waals surface area contributed by atoms with Crippen LogP contribution >= 0.6 is 0 Å². The van der Waals surface area contributed by atoms with Crippen LogP contribution < -0.4 is 14.8 Å². The topological polar surface area (TPSA) is 30.5 Å².